The van der Waals surface area contributed by atoms with E-state index in [1.807, 2.05) is 36.0 Å². The van der Waals surface area contributed by atoms with Crippen molar-refractivity contribution in [2.45, 2.75) is 44.4 Å². The predicted octanol–water partition coefficient (Wildman–Crippen LogP) is 3.96. The van der Waals surface area contributed by atoms with Gasteiger partial charge in [0, 0.05) is 34.3 Å². The van der Waals surface area contributed by atoms with E-state index in [-0.39, 0.29) is 16.7 Å². The number of rotatable bonds is 5. The van der Waals surface area contributed by atoms with Crippen LogP contribution in [0.15, 0.2) is 24.3 Å². The van der Waals surface area contributed by atoms with Gasteiger partial charge in [-0.15, -0.1) is 0 Å². The van der Waals surface area contributed by atoms with Crippen LogP contribution in [0.2, 0.25) is 5.02 Å². The zero-order chi connectivity index (χ0) is 16.2. The highest BCUT2D eigenvalue weighted by molar-refractivity contribution is 8.00. The van der Waals surface area contributed by atoms with Crippen molar-refractivity contribution >= 4 is 35.0 Å². The molecule has 0 radical (unpaired) electrons. The average Bonchev–Trinajstić information content (AvgIpc) is 2.92. The Hall–Kier alpha value is -0.870. The lowest BCUT2D eigenvalue weighted by Crippen LogP contribution is -2.44. The smallest absolute Gasteiger partial charge is 0.242 e. The van der Waals surface area contributed by atoms with Gasteiger partial charge in [-0.3, -0.25) is 4.79 Å². The van der Waals surface area contributed by atoms with Gasteiger partial charge in [0.2, 0.25) is 5.91 Å². The second-order valence-corrected chi connectivity index (χ2v) is 8.94. The quantitative estimate of drug-likeness (QED) is 0.823. The number of nitrogens with zero attached hydrogens (tertiary/aromatic N) is 1. The van der Waals surface area contributed by atoms with E-state index in [0.717, 1.165) is 42.4 Å². The van der Waals surface area contributed by atoms with Crippen molar-refractivity contribution in [2.75, 3.05) is 23.7 Å². The highest BCUT2D eigenvalue weighted by Gasteiger charge is 2.30. The zero-order valence-corrected chi connectivity index (χ0v) is 15.1. The summed E-state index contributed by atoms with van der Waals surface area (Å²) in [5.41, 5.74) is 1.08. The summed E-state index contributed by atoms with van der Waals surface area (Å²) in [6.07, 6.45) is 1.97. The highest BCUT2D eigenvalue weighted by atomic mass is 35.5. The van der Waals surface area contributed by atoms with Crippen molar-refractivity contribution in [3.05, 3.63) is 29.3 Å². The number of halogens is 1. The minimum absolute atomic E-state index is 0.0548. The molecule has 0 aromatic heterocycles. The Bertz CT molecular complexity index is 498. The summed E-state index contributed by atoms with van der Waals surface area (Å²) in [5.74, 6) is 1.09. The molecular weight excluding hydrogens is 316 g/mol. The van der Waals surface area contributed by atoms with Gasteiger partial charge in [0.05, 0.1) is 0 Å². The second-order valence-electron chi connectivity index (χ2n) is 6.58. The number of anilines is 1. The van der Waals surface area contributed by atoms with Gasteiger partial charge in [0.1, 0.15) is 6.04 Å². The number of carbonyl (C=O) groups excluding carboxylic acids is 1. The van der Waals surface area contributed by atoms with Gasteiger partial charge in [-0.2, -0.15) is 11.8 Å². The molecule has 1 heterocycles. The first-order chi connectivity index (χ1) is 10.4. The molecule has 5 heteroatoms. The van der Waals surface area contributed by atoms with E-state index in [0.29, 0.717) is 0 Å². The molecule has 1 atom stereocenters. The highest BCUT2D eigenvalue weighted by Crippen LogP contribution is 2.27. The summed E-state index contributed by atoms with van der Waals surface area (Å²) >= 11 is 7.81. The summed E-state index contributed by atoms with van der Waals surface area (Å²) in [5, 5.41) is 3.81. The lowest BCUT2D eigenvalue weighted by atomic mass is 10.2. The van der Waals surface area contributed by atoms with Crippen molar-refractivity contribution in [1.29, 1.82) is 0 Å². The molecule has 1 aliphatic rings. The van der Waals surface area contributed by atoms with E-state index >= 15 is 0 Å². The minimum atomic E-state index is -0.0548. The maximum absolute atomic E-state index is 12.4. The first kappa shape index (κ1) is 17.5. The van der Waals surface area contributed by atoms with Crippen LogP contribution in [0, 0.1) is 0 Å². The normalized spacial score (nSPS) is 18.5. The van der Waals surface area contributed by atoms with Gasteiger partial charge in [-0.1, -0.05) is 32.4 Å². The number of nitrogens with one attached hydrogen (secondary N) is 1. The van der Waals surface area contributed by atoms with E-state index in [2.05, 4.69) is 31.0 Å². The van der Waals surface area contributed by atoms with E-state index in [1.54, 1.807) is 0 Å². The molecule has 0 bridgehead atoms. The molecule has 2 rings (SSSR count). The van der Waals surface area contributed by atoms with E-state index < -0.39 is 0 Å². The molecule has 0 saturated carbocycles. The van der Waals surface area contributed by atoms with Crippen LogP contribution < -0.4 is 10.2 Å². The molecule has 1 fully saturated rings. The molecule has 0 spiro atoms. The van der Waals surface area contributed by atoms with Crippen molar-refractivity contribution in [3.8, 4) is 0 Å². The Balaban J connectivity index is 1.87. The molecule has 3 nitrogen and oxygen atoms in total. The fourth-order valence-corrected chi connectivity index (χ4v) is 3.57. The van der Waals surface area contributed by atoms with Gasteiger partial charge in [0.15, 0.2) is 0 Å². The summed E-state index contributed by atoms with van der Waals surface area (Å²) in [7, 11) is 0. The lowest BCUT2D eigenvalue weighted by Gasteiger charge is -2.26. The van der Waals surface area contributed by atoms with Gasteiger partial charge in [-0.05, 0) is 37.1 Å². The maximum atomic E-state index is 12.4. The SMILES string of the molecule is CC(C)(C)SCCNC(=O)[C@@H]1CCCN1c1ccc(Cl)cc1. The van der Waals surface area contributed by atoms with Gasteiger partial charge < -0.3 is 10.2 Å². The fraction of sp³-hybridized carbons (Fsp3) is 0.588. The Kier molecular flexibility index (Phi) is 6.04. The van der Waals surface area contributed by atoms with E-state index in [1.165, 1.54) is 0 Å². The maximum Gasteiger partial charge on any atom is 0.242 e. The molecular formula is C17H25ClN2OS. The number of benzene rings is 1. The number of amides is 1. The van der Waals surface area contributed by atoms with Crippen molar-refractivity contribution < 1.29 is 4.79 Å². The number of hydrogen-bond acceptors (Lipinski definition) is 3. The molecule has 1 saturated heterocycles. The summed E-state index contributed by atoms with van der Waals surface area (Å²) in [6.45, 7) is 8.23. The third kappa shape index (κ3) is 5.10. The Morgan fingerprint density at radius 3 is 2.68 bits per heavy atom. The standard InChI is InChI=1S/C17H25ClN2OS/c1-17(2,3)22-12-10-19-16(21)15-5-4-11-20(15)14-8-6-13(18)7-9-14/h6-9,15H,4-5,10-12H2,1-3H3,(H,19,21)/t15-/m0/s1. The molecule has 1 aromatic carbocycles. The molecule has 1 aromatic rings. The van der Waals surface area contributed by atoms with E-state index in [4.69, 9.17) is 11.6 Å². The van der Waals surface area contributed by atoms with Crippen LogP contribution in [0.5, 0.6) is 0 Å². The Labute approximate surface area is 142 Å². The molecule has 1 amide bonds. The first-order valence-electron chi connectivity index (χ1n) is 7.81. The van der Waals surface area contributed by atoms with Crippen molar-refractivity contribution in [2.24, 2.45) is 0 Å². The second kappa shape index (κ2) is 7.60. The van der Waals surface area contributed by atoms with Gasteiger partial charge in [-0.25, -0.2) is 0 Å². The molecule has 122 valence electrons. The summed E-state index contributed by atoms with van der Waals surface area (Å²) in [4.78, 5) is 14.6. The third-order valence-electron chi connectivity index (χ3n) is 3.65. The van der Waals surface area contributed by atoms with Crippen molar-refractivity contribution in [3.63, 3.8) is 0 Å². The molecule has 22 heavy (non-hydrogen) atoms. The molecule has 1 N–H and O–H groups in total. The summed E-state index contributed by atoms with van der Waals surface area (Å²) < 4.78 is 0.243. The average molecular weight is 341 g/mol. The zero-order valence-electron chi connectivity index (χ0n) is 13.6. The topological polar surface area (TPSA) is 32.3 Å². The number of hydrogen-bond donors (Lipinski definition) is 1. The Morgan fingerprint density at radius 1 is 1.36 bits per heavy atom. The van der Waals surface area contributed by atoms with Crippen LogP contribution in [-0.2, 0) is 4.79 Å². The molecule has 0 unspecified atom stereocenters. The van der Waals surface area contributed by atoms with Crippen LogP contribution in [0.3, 0.4) is 0 Å². The van der Waals surface area contributed by atoms with Crippen LogP contribution in [0.25, 0.3) is 0 Å². The van der Waals surface area contributed by atoms with Crippen LogP contribution >= 0.6 is 23.4 Å². The summed E-state index contributed by atoms with van der Waals surface area (Å²) in [6, 6.07) is 7.68. The monoisotopic (exact) mass is 340 g/mol. The first-order valence-corrected chi connectivity index (χ1v) is 9.17. The fourth-order valence-electron chi connectivity index (χ4n) is 2.63. The predicted molar refractivity (Wildman–Crippen MR) is 97.0 cm³/mol. The number of carbonyl (C=O) groups is 1. The van der Waals surface area contributed by atoms with E-state index in [9.17, 15) is 4.79 Å². The largest absolute Gasteiger partial charge is 0.360 e. The van der Waals surface area contributed by atoms with Gasteiger partial charge >= 0.3 is 0 Å². The van der Waals surface area contributed by atoms with Crippen LogP contribution in [0.4, 0.5) is 5.69 Å². The lowest BCUT2D eigenvalue weighted by molar-refractivity contribution is -0.122. The van der Waals surface area contributed by atoms with Crippen molar-refractivity contribution in [1.82, 2.24) is 5.32 Å². The Morgan fingerprint density at radius 2 is 2.05 bits per heavy atom. The van der Waals surface area contributed by atoms with Crippen LogP contribution in [0.1, 0.15) is 33.6 Å². The molecule has 0 aliphatic carbocycles. The number of thioether (sulfide) groups is 1. The molecule has 1 aliphatic heterocycles. The minimum Gasteiger partial charge on any atom is -0.360 e. The third-order valence-corrected chi connectivity index (χ3v) is 5.18. The van der Waals surface area contributed by atoms with Crippen LogP contribution in [-0.4, -0.2) is 35.5 Å². The van der Waals surface area contributed by atoms with Gasteiger partial charge in [0.25, 0.3) is 0 Å².